The van der Waals surface area contributed by atoms with Gasteiger partial charge in [0.05, 0.1) is 6.54 Å². The van der Waals surface area contributed by atoms with E-state index in [4.69, 9.17) is 9.84 Å². The number of aryl methyl sites for hydroxylation is 1. The molecule has 18 heavy (non-hydrogen) atoms. The van der Waals surface area contributed by atoms with E-state index in [9.17, 15) is 4.79 Å². The molecule has 0 bridgehead atoms. The molecule has 2 heterocycles. The first-order valence-corrected chi connectivity index (χ1v) is 5.28. The number of aromatic nitrogens is 4. The van der Waals surface area contributed by atoms with Crippen molar-refractivity contribution in [1.82, 2.24) is 19.6 Å². The highest BCUT2D eigenvalue weighted by Gasteiger charge is 2.16. The van der Waals surface area contributed by atoms with Crippen molar-refractivity contribution in [2.75, 3.05) is 19.0 Å². The molecule has 2 aromatic heterocycles. The van der Waals surface area contributed by atoms with Crippen LogP contribution in [-0.4, -0.2) is 50.4 Å². The largest absolute Gasteiger partial charge is 0.479 e. The van der Waals surface area contributed by atoms with E-state index in [1.165, 1.54) is 18.0 Å². The molecule has 2 rings (SSSR count). The quantitative estimate of drug-likeness (QED) is 0.767. The van der Waals surface area contributed by atoms with Gasteiger partial charge in [0.2, 0.25) is 0 Å². The number of nitrogens with zero attached hydrogens (tertiary/aromatic N) is 4. The van der Waals surface area contributed by atoms with Gasteiger partial charge in [-0.05, 0) is 6.92 Å². The highest BCUT2D eigenvalue weighted by Crippen LogP contribution is 2.10. The Morgan fingerprint density at radius 3 is 3.11 bits per heavy atom. The number of carboxylic acids is 1. The Labute approximate surface area is 103 Å². The Morgan fingerprint density at radius 2 is 2.44 bits per heavy atom. The van der Waals surface area contributed by atoms with Gasteiger partial charge in [-0.3, -0.25) is 0 Å². The number of hydrogen-bond acceptors (Lipinski definition) is 6. The van der Waals surface area contributed by atoms with Crippen molar-refractivity contribution < 1.29 is 14.6 Å². The van der Waals surface area contributed by atoms with Gasteiger partial charge in [0, 0.05) is 18.9 Å². The molecule has 0 saturated heterocycles. The summed E-state index contributed by atoms with van der Waals surface area (Å²) in [4.78, 5) is 19.0. The predicted molar refractivity (Wildman–Crippen MR) is 62.4 cm³/mol. The van der Waals surface area contributed by atoms with E-state index in [1.54, 1.807) is 6.07 Å². The van der Waals surface area contributed by atoms with E-state index in [1.807, 2.05) is 6.92 Å². The molecule has 0 radical (unpaired) electrons. The first-order valence-electron chi connectivity index (χ1n) is 5.28. The van der Waals surface area contributed by atoms with E-state index in [0.717, 1.165) is 5.69 Å². The fraction of sp³-hybridized carbons (Fsp3) is 0.400. The third-order valence-electron chi connectivity index (χ3n) is 2.41. The van der Waals surface area contributed by atoms with Crippen LogP contribution < -0.4 is 5.32 Å². The monoisotopic (exact) mass is 251 g/mol. The van der Waals surface area contributed by atoms with Gasteiger partial charge in [-0.2, -0.15) is 14.6 Å². The summed E-state index contributed by atoms with van der Waals surface area (Å²) in [7, 11) is 1.35. The number of aliphatic carboxylic acids is 1. The SMILES string of the molecule is COC(CNc1cc(C)nc2ncnn12)C(=O)O. The van der Waals surface area contributed by atoms with Gasteiger partial charge < -0.3 is 15.2 Å². The first kappa shape index (κ1) is 12.2. The summed E-state index contributed by atoms with van der Waals surface area (Å²) in [5, 5.41) is 15.8. The third kappa shape index (κ3) is 2.38. The smallest absolute Gasteiger partial charge is 0.334 e. The first-order chi connectivity index (χ1) is 8.61. The maximum absolute atomic E-state index is 10.8. The predicted octanol–water partition coefficient (Wildman–Crippen LogP) is -0.0558. The van der Waals surface area contributed by atoms with Crippen LogP contribution in [0.2, 0.25) is 0 Å². The molecule has 8 heteroatoms. The Kier molecular flexibility index (Phi) is 3.38. The molecule has 0 aliphatic rings. The zero-order valence-corrected chi connectivity index (χ0v) is 9.99. The van der Waals surface area contributed by atoms with Crippen molar-refractivity contribution in [3.63, 3.8) is 0 Å². The number of anilines is 1. The van der Waals surface area contributed by atoms with Crippen LogP contribution in [0.5, 0.6) is 0 Å². The molecule has 0 aliphatic carbocycles. The molecule has 0 aliphatic heterocycles. The molecule has 0 amide bonds. The Hall–Kier alpha value is -2.22. The van der Waals surface area contributed by atoms with Crippen molar-refractivity contribution >= 4 is 17.6 Å². The normalized spacial score (nSPS) is 12.6. The van der Waals surface area contributed by atoms with Crippen LogP contribution in [0, 0.1) is 6.92 Å². The highest BCUT2D eigenvalue weighted by atomic mass is 16.5. The molecule has 8 nitrogen and oxygen atoms in total. The molecule has 96 valence electrons. The van der Waals surface area contributed by atoms with Crippen molar-refractivity contribution in [2.24, 2.45) is 0 Å². The minimum atomic E-state index is -1.02. The van der Waals surface area contributed by atoms with Gasteiger partial charge in [-0.25, -0.2) is 9.78 Å². The number of ether oxygens (including phenoxy) is 1. The molecule has 2 N–H and O–H groups in total. The van der Waals surface area contributed by atoms with Gasteiger partial charge in [0.25, 0.3) is 5.78 Å². The van der Waals surface area contributed by atoms with E-state index in [2.05, 4.69) is 20.4 Å². The molecule has 0 aromatic carbocycles. The summed E-state index contributed by atoms with van der Waals surface area (Å²) in [6.07, 6.45) is 0.467. The summed E-state index contributed by atoms with van der Waals surface area (Å²) in [5.41, 5.74) is 0.766. The van der Waals surface area contributed by atoms with Gasteiger partial charge in [0.1, 0.15) is 12.1 Å². The minimum absolute atomic E-state index is 0.129. The van der Waals surface area contributed by atoms with Gasteiger partial charge in [0.15, 0.2) is 6.10 Å². The number of carboxylic acid groups (broad SMARTS) is 1. The van der Waals surface area contributed by atoms with E-state index >= 15 is 0 Å². The van der Waals surface area contributed by atoms with Crippen molar-refractivity contribution in [2.45, 2.75) is 13.0 Å². The standard InChI is InChI=1S/C10H13N5O3/c1-6-3-8(11-4-7(18-2)9(16)17)15-10(14-6)12-5-13-15/h3,5,7,11H,4H2,1-2H3,(H,16,17). The molecule has 1 atom stereocenters. The molecule has 0 fully saturated rings. The van der Waals surface area contributed by atoms with Crippen molar-refractivity contribution in [3.05, 3.63) is 18.1 Å². The molecule has 0 saturated carbocycles. The lowest BCUT2D eigenvalue weighted by atomic mass is 10.3. The zero-order chi connectivity index (χ0) is 13.1. The van der Waals surface area contributed by atoms with Crippen LogP contribution in [-0.2, 0) is 9.53 Å². The average Bonchev–Trinajstić information content (AvgIpc) is 2.77. The molecule has 1 unspecified atom stereocenters. The summed E-state index contributed by atoms with van der Waals surface area (Å²) in [6, 6.07) is 1.76. The second kappa shape index (κ2) is 4.96. The number of carbonyl (C=O) groups is 1. The Bertz CT molecular complexity index is 568. The summed E-state index contributed by atoms with van der Waals surface area (Å²) < 4.78 is 6.34. The fourth-order valence-corrected chi connectivity index (χ4v) is 1.53. The second-order valence-corrected chi connectivity index (χ2v) is 3.70. The summed E-state index contributed by atoms with van der Waals surface area (Å²) >= 11 is 0. The molecular weight excluding hydrogens is 238 g/mol. The second-order valence-electron chi connectivity index (χ2n) is 3.70. The number of nitrogens with one attached hydrogen (secondary N) is 1. The summed E-state index contributed by atoms with van der Waals surface area (Å²) in [6.45, 7) is 1.95. The van der Waals surface area contributed by atoms with Crippen molar-refractivity contribution in [1.29, 1.82) is 0 Å². The van der Waals surface area contributed by atoms with E-state index < -0.39 is 12.1 Å². The lowest BCUT2D eigenvalue weighted by Gasteiger charge is -2.13. The third-order valence-corrected chi connectivity index (χ3v) is 2.41. The minimum Gasteiger partial charge on any atom is -0.479 e. The van der Waals surface area contributed by atoms with Crippen molar-refractivity contribution in [3.8, 4) is 0 Å². The number of fused-ring (bicyclic) bond motifs is 1. The van der Waals surface area contributed by atoms with Crippen LogP contribution >= 0.6 is 0 Å². The van der Waals surface area contributed by atoms with Crippen LogP contribution in [0.1, 0.15) is 5.69 Å². The maximum atomic E-state index is 10.8. The lowest BCUT2D eigenvalue weighted by Crippen LogP contribution is -2.31. The van der Waals surface area contributed by atoms with Gasteiger partial charge in [-0.15, -0.1) is 0 Å². The Balaban J connectivity index is 2.21. The zero-order valence-electron chi connectivity index (χ0n) is 9.99. The maximum Gasteiger partial charge on any atom is 0.334 e. The van der Waals surface area contributed by atoms with Crippen LogP contribution in [0.25, 0.3) is 5.78 Å². The van der Waals surface area contributed by atoms with Crippen LogP contribution in [0.3, 0.4) is 0 Å². The number of rotatable bonds is 5. The van der Waals surface area contributed by atoms with Crippen LogP contribution in [0.15, 0.2) is 12.4 Å². The van der Waals surface area contributed by atoms with E-state index in [-0.39, 0.29) is 6.54 Å². The number of methoxy groups -OCH3 is 1. The molecular formula is C10H13N5O3. The Morgan fingerprint density at radius 1 is 1.67 bits per heavy atom. The van der Waals surface area contributed by atoms with Gasteiger partial charge >= 0.3 is 5.97 Å². The number of hydrogen-bond donors (Lipinski definition) is 2. The van der Waals surface area contributed by atoms with E-state index in [0.29, 0.717) is 11.6 Å². The van der Waals surface area contributed by atoms with Crippen LogP contribution in [0.4, 0.5) is 5.82 Å². The fourth-order valence-electron chi connectivity index (χ4n) is 1.53. The average molecular weight is 251 g/mol. The topological polar surface area (TPSA) is 102 Å². The van der Waals surface area contributed by atoms with Gasteiger partial charge in [-0.1, -0.05) is 0 Å². The summed E-state index contributed by atoms with van der Waals surface area (Å²) in [5.74, 6) is 0.0608. The lowest BCUT2D eigenvalue weighted by molar-refractivity contribution is -0.147. The molecule has 0 spiro atoms. The molecule has 2 aromatic rings. The highest BCUT2D eigenvalue weighted by molar-refractivity contribution is 5.73.